The van der Waals surface area contributed by atoms with E-state index in [1.165, 1.54) is 0 Å². The van der Waals surface area contributed by atoms with Gasteiger partial charge >= 0.3 is 0 Å². The molecule has 0 bridgehead atoms. The predicted molar refractivity (Wildman–Crippen MR) is 90.4 cm³/mol. The Bertz CT molecular complexity index is 590. The lowest BCUT2D eigenvalue weighted by Gasteiger charge is -2.21. The van der Waals surface area contributed by atoms with Crippen molar-refractivity contribution in [2.45, 2.75) is 25.9 Å². The minimum atomic E-state index is 0.0178. The van der Waals surface area contributed by atoms with Crippen LogP contribution in [0, 0.1) is 0 Å². The minimum Gasteiger partial charge on any atom is -0.308 e. The van der Waals surface area contributed by atoms with Crippen LogP contribution in [0.15, 0.2) is 33.3 Å². The summed E-state index contributed by atoms with van der Waals surface area (Å²) in [6.45, 7) is 4.23. The third kappa shape index (κ3) is 3.27. The van der Waals surface area contributed by atoms with E-state index in [4.69, 9.17) is 11.6 Å². The Morgan fingerprint density at radius 2 is 1.95 bits per heavy atom. The molecule has 1 atom stereocenters. The molecule has 0 radical (unpaired) electrons. The molecule has 1 aromatic heterocycles. The lowest BCUT2D eigenvalue weighted by atomic mass is 10.0. The lowest BCUT2D eigenvalue weighted by molar-refractivity contribution is 0.483. The molecule has 0 aliphatic carbocycles. The summed E-state index contributed by atoms with van der Waals surface area (Å²) < 4.78 is 3.97. The molecule has 0 fully saturated rings. The Balaban J connectivity index is 2.55. The van der Waals surface area contributed by atoms with Crippen molar-refractivity contribution in [1.82, 2.24) is 15.1 Å². The topological polar surface area (TPSA) is 29.9 Å². The monoisotopic (exact) mass is 419 g/mol. The number of nitrogens with one attached hydrogen (secondary N) is 1. The molecule has 0 aliphatic rings. The van der Waals surface area contributed by atoms with Crippen molar-refractivity contribution in [3.05, 3.63) is 49.6 Å². The van der Waals surface area contributed by atoms with Crippen LogP contribution in [-0.2, 0) is 0 Å². The van der Waals surface area contributed by atoms with Gasteiger partial charge in [0.1, 0.15) is 0 Å². The minimum absolute atomic E-state index is 0.0178. The summed E-state index contributed by atoms with van der Waals surface area (Å²) in [5.41, 5.74) is 2.19. The Kier molecular flexibility index (Phi) is 5.29. The fourth-order valence-electron chi connectivity index (χ4n) is 2.24. The summed E-state index contributed by atoms with van der Waals surface area (Å²) in [6, 6.07) is 6.22. The average Bonchev–Trinajstić information content (AvgIpc) is 2.72. The largest absolute Gasteiger partial charge is 0.308 e. The van der Waals surface area contributed by atoms with E-state index in [0.717, 1.165) is 20.2 Å². The Morgan fingerprint density at radius 3 is 2.50 bits per heavy atom. The van der Waals surface area contributed by atoms with Crippen molar-refractivity contribution >= 4 is 43.5 Å². The molecule has 1 aromatic carbocycles. The van der Waals surface area contributed by atoms with Crippen LogP contribution >= 0.6 is 43.5 Å². The maximum atomic E-state index is 6.16. The molecule has 0 spiro atoms. The van der Waals surface area contributed by atoms with Gasteiger partial charge in [-0.3, -0.25) is 4.68 Å². The van der Waals surface area contributed by atoms with E-state index in [9.17, 15) is 0 Å². The number of hydrogen-bond donors (Lipinski definition) is 1. The van der Waals surface area contributed by atoms with Gasteiger partial charge < -0.3 is 5.32 Å². The second-order valence-electron chi connectivity index (χ2n) is 4.84. The molecule has 2 aromatic rings. The van der Waals surface area contributed by atoms with Crippen molar-refractivity contribution in [1.29, 1.82) is 0 Å². The van der Waals surface area contributed by atoms with Gasteiger partial charge in [-0.15, -0.1) is 0 Å². The average molecular weight is 422 g/mol. The number of aromatic nitrogens is 2. The number of nitrogens with zero attached hydrogens (tertiary/aromatic N) is 2. The molecule has 1 heterocycles. The fraction of sp³-hybridized carbons (Fsp3) is 0.357. The highest BCUT2D eigenvalue weighted by Gasteiger charge is 2.22. The van der Waals surface area contributed by atoms with E-state index in [0.29, 0.717) is 5.02 Å². The van der Waals surface area contributed by atoms with E-state index in [2.05, 4.69) is 62.2 Å². The van der Waals surface area contributed by atoms with Crippen LogP contribution in [0.2, 0.25) is 5.02 Å². The second kappa shape index (κ2) is 6.60. The van der Waals surface area contributed by atoms with E-state index in [1.807, 2.05) is 30.1 Å². The zero-order valence-corrected chi connectivity index (χ0v) is 15.4. The molecule has 0 aliphatic heterocycles. The summed E-state index contributed by atoms with van der Waals surface area (Å²) in [5.74, 6) is 0. The Labute approximate surface area is 141 Å². The van der Waals surface area contributed by atoms with Crippen molar-refractivity contribution in [3.63, 3.8) is 0 Å². The molecule has 6 heteroatoms. The molecule has 2 rings (SSSR count). The van der Waals surface area contributed by atoms with Gasteiger partial charge in [0.2, 0.25) is 0 Å². The predicted octanol–water partition coefficient (Wildman–Crippen LogP) is 4.95. The van der Waals surface area contributed by atoms with Crippen LogP contribution in [0.25, 0.3) is 0 Å². The molecule has 108 valence electrons. The van der Waals surface area contributed by atoms with Gasteiger partial charge in [-0.05, 0) is 60.6 Å². The highest BCUT2D eigenvalue weighted by atomic mass is 79.9. The first kappa shape index (κ1) is 16.0. The first-order valence-corrected chi connectivity index (χ1v) is 8.26. The fourth-order valence-corrected chi connectivity index (χ4v) is 3.62. The molecule has 3 nitrogen and oxygen atoms in total. The van der Waals surface area contributed by atoms with E-state index < -0.39 is 0 Å². The summed E-state index contributed by atoms with van der Waals surface area (Å²) in [5, 5.41) is 8.49. The summed E-state index contributed by atoms with van der Waals surface area (Å²) in [6.07, 6.45) is 1.83. The van der Waals surface area contributed by atoms with Crippen molar-refractivity contribution in [2.24, 2.45) is 0 Å². The van der Waals surface area contributed by atoms with Crippen molar-refractivity contribution < 1.29 is 0 Å². The van der Waals surface area contributed by atoms with Crippen LogP contribution in [0.3, 0.4) is 0 Å². The molecule has 0 saturated heterocycles. The maximum absolute atomic E-state index is 6.16. The highest BCUT2D eigenvalue weighted by Crippen LogP contribution is 2.32. The zero-order chi connectivity index (χ0) is 14.9. The summed E-state index contributed by atoms with van der Waals surface area (Å²) >= 11 is 13.2. The first-order valence-electron chi connectivity index (χ1n) is 6.30. The molecule has 1 unspecified atom stereocenters. The van der Waals surface area contributed by atoms with Gasteiger partial charge in [0, 0.05) is 15.5 Å². The Morgan fingerprint density at radius 1 is 1.25 bits per heavy atom. The highest BCUT2D eigenvalue weighted by molar-refractivity contribution is 9.10. The standard InChI is InChI=1S/C14H16Br2ClN3/c1-8(2)20-14(12(16)7-19-20)13(18-3)9-4-10(15)6-11(17)5-9/h4-8,13,18H,1-3H3. The Hall–Kier alpha value is -0.360. The molecule has 0 amide bonds. The van der Waals surface area contributed by atoms with Crippen LogP contribution < -0.4 is 5.32 Å². The number of rotatable bonds is 4. The number of halogens is 3. The van der Waals surface area contributed by atoms with Gasteiger partial charge in [-0.2, -0.15) is 5.10 Å². The van der Waals surface area contributed by atoms with Gasteiger partial charge in [-0.25, -0.2) is 0 Å². The normalized spacial score (nSPS) is 12.9. The molecule has 0 saturated carbocycles. The third-order valence-corrected chi connectivity index (χ3v) is 4.34. The van der Waals surface area contributed by atoms with E-state index >= 15 is 0 Å². The molecular formula is C14H16Br2ClN3. The lowest BCUT2D eigenvalue weighted by Crippen LogP contribution is -2.23. The van der Waals surface area contributed by atoms with Crippen LogP contribution in [-0.4, -0.2) is 16.8 Å². The van der Waals surface area contributed by atoms with Crippen molar-refractivity contribution in [3.8, 4) is 0 Å². The van der Waals surface area contributed by atoms with E-state index in [-0.39, 0.29) is 12.1 Å². The molecular weight excluding hydrogens is 405 g/mol. The SMILES string of the molecule is CNC(c1cc(Cl)cc(Br)c1)c1c(Br)cnn1C(C)C. The second-order valence-corrected chi connectivity index (χ2v) is 7.05. The van der Waals surface area contributed by atoms with Crippen LogP contribution in [0.1, 0.15) is 37.2 Å². The first-order chi connectivity index (χ1) is 9.43. The molecule has 20 heavy (non-hydrogen) atoms. The summed E-state index contributed by atoms with van der Waals surface area (Å²) in [7, 11) is 1.93. The van der Waals surface area contributed by atoms with Crippen LogP contribution in [0.4, 0.5) is 0 Å². The smallest absolute Gasteiger partial charge is 0.0758 e. The quantitative estimate of drug-likeness (QED) is 0.757. The van der Waals surface area contributed by atoms with Gasteiger partial charge in [0.05, 0.1) is 22.4 Å². The van der Waals surface area contributed by atoms with Crippen LogP contribution in [0.5, 0.6) is 0 Å². The maximum Gasteiger partial charge on any atom is 0.0758 e. The third-order valence-electron chi connectivity index (χ3n) is 3.06. The van der Waals surface area contributed by atoms with Gasteiger partial charge in [0.25, 0.3) is 0 Å². The summed E-state index contributed by atoms with van der Waals surface area (Å²) in [4.78, 5) is 0. The zero-order valence-electron chi connectivity index (χ0n) is 11.5. The van der Waals surface area contributed by atoms with Crippen molar-refractivity contribution in [2.75, 3.05) is 7.05 Å². The van der Waals surface area contributed by atoms with Gasteiger partial charge in [0.15, 0.2) is 0 Å². The number of hydrogen-bond acceptors (Lipinski definition) is 2. The van der Waals surface area contributed by atoms with E-state index in [1.54, 1.807) is 0 Å². The van der Waals surface area contributed by atoms with Gasteiger partial charge in [-0.1, -0.05) is 27.5 Å². The number of benzene rings is 1. The molecule has 1 N–H and O–H groups in total.